The standard InChI is InChI=1S/C14H15Cl2NOS/c1-17-11(8-13-6-7-14(16)19-13)9-18-12-4-2-10(15)3-5-12/h2-7,11,17H,8-9H2,1H3. The number of nitrogens with one attached hydrogen (secondary N) is 1. The zero-order valence-electron chi connectivity index (χ0n) is 10.5. The highest BCUT2D eigenvalue weighted by Gasteiger charge is 2.10. The lowest BCUT2D eigenvalue weighted by molar-refractivity contribution is 0.270. The highest BCUT2D eigenvalue weighted by molar-refractivity contribution is 7.16. The summed E-state index contributed by atoms with van der Waals surface area (Å²) in [5, 5.41) is 3.97. The van der Waals surface area contributed by atoms with Crippen LogP contribution in [0.25, 0.3) is 0 Å². The van der Waals surface area contributed by atoms with E-state index in [0.717, 1.165) is 16.5 Å². The molecule has 0 aliphatic rings. The number of hydrogen-bond donors (Lipinski definition) is 1. The average Bonchev–Trinajstić information content (AvgIpc) is 2.82. The van der Waals surface area contributed by atoms with Gasteiger partial charge in [-0.3, -0.25) is 0 Å². The van der Waals surface area contributed by atoms with Crippen LogP contribution in [0.5, 0.6) is 5.75 Å². The van der Waals surface area contributed by atoms with Gasteiger partial charge >= 0.3 is 0 Å². The van der Waals surface area contributed by atoms with E-state index >= 15 is 0 Å². The van der Waals surface area contributed by atoms with Crippen molar-refractivity contribution in [3.63, 3.8) is 0 Å². The van der Waals surface area contributed by atoms with E-state index in [4.69, 9.17) is 27.9 Å². The molecule has 1 atom stereocenters. The predicted molar refractivity (Wildman–Crippen MR) is 82.8 cm³/mol. The molecule has 0 aliphatic heterocycles. The fourth-order valence-corrected chi connectivity index (χ4v) is 2.97. The van der Waals surface area contributed by atoms with Gasteiger partial charge in [-0.15, -0.1) is 11.3 Å². The molecule has 1 aromatic heterocycles. The van der Waals surface area contributed by atoms with Gasteiger partial charge in [-0.1, -0.05) is 23.2 Å². The van der Waals surface area contributed by atoms with Gasteiger partial charge in [-0.2, -0.15) is 0 Å². The molecule has 0 aliphatic carbocycles. The highest BCUT2D eigenvalue weighted by Crippen LogP contribution is 2.23. The summed E-state index contributed by atoms with van der Waals surface area (Å²) in [5.41, 5.74) is 0. The van der Waals surface area contributed by atoms with Crippen LogP contribution in [-0.2, 0) is 6.42 Å². The molecule has 0 amide bonds. The van der Waals surface area contributed by atoms with Gasteiger partial charge in [-0.25, -0.2) is 0 Å². The summed E-state index contributed by atoms with van der Waals surface area (Å²) in [6, 6.07) is 11.6. The quantitative estimate of drug-likeness (QED) is 0.859. The third-order valence-electron chi connectivity index (χ3n) is 2.75. The summed E-state index contributed by atoms with van der Waals surface area (Å²) in [5.74, 6) is 0.828. The van der Waals surface area contributed by atoms with Crippen LogP contribution in [0, 0.1) is 0 Å². The van der Waals surface area contributed by atoms with Crippen molar-refractivity contribution in [1.29, 1.82) is 0 Å². The fraction of sp³-hybridized carbons (Fsp3) is 0.286. The second-order valence-corrected chi connectivity index (χ2v) is 6.40. The van der Waals surface area contributed by atoms with Crippen molar-refractivity contribution < 1.29 is 4.74 Å². The Hall–Kier alpha value is -0.740. The van der Waals surface area contributed by atoms with Gasteiger partial charge in [0.05, 0.1) is 4.34 Å². The maximum atomic E-state index is 5.93. The maximum Gasteiger partial charge on any atom is 0.119 e. The molecule has 1 unspecified atom stereocenters. The fourth-order valence-electron chi connectivity index (χ4n) is 1.68. The molecular formula is C14H15Cl2NOS. The molecule has 5 heteroatoms. The predicted octanol–water partition coefficient (Wildman–Crippen LogP) is 4.26. The van der Waals surface area contributed by atoms with E-state index in [1.165, 1.54) is 4.88 Å². The van der Waals surface area contributed by atoms with Crippen LogP contribution in [0.15, 0.2) is 36.4 Å². The molecule has 1 aromatic carbocycles. The van der Waals surface area contributed by atoms with Crippen LogP contribution in [0.3, 0.4) is 0 Å². The SMILES string of the molecule is CNC(COc1ccc(Cl)cc1)Cc1ccc(Cl)s1. The van der Waals surface area contributed by atoms with E-state index in [-0.39, 0.29) is 6.04 Å². The second kappa shape index (κ2) is 7.15. The van der Waals surface area contributed by atoms with Crippen LogP contribution < -0.4 is 10.1 Å². The van der Waals surface area contributed by atoms with Crippen molar-refractivity contribution in [3.8, 4) is 5.75 Å². The summed E-state index contributed by atoms with van der Waals surface area (Å²) in [4.78, 5) is 1.25. The first-order chi connectivity index (χ1) is 9.17. The van der Waals surface area contributed by atoms with E-state index in [1.54, 1.807) is 11.3 Å². The zero-order valence-corrected chi connectivity index (χ0v) is 12.9. The average molecular weight is 316 g/mol. The van der Waals surface area contributed by atoms with Crippen molar-refractivity contribution in [2.24, 2.45) is 0 Å². The summed E-state index contributed by atoms with van der Waals surface area (Å²) < 4.78 is 6.57. The first-order valence-electron chi connectivity index (χ1n) is 5.97. The van der Waals surface area contributed by atoms with Crippen LogP contribution >= 0.6 is 34.5 Å². The lowest BCUT2D eigenvalue weighted by Gasteiger charge is -2.16. The smallest absolute Gasteiger partial charge is 0.119 e. The summed E-state index contributed by atoms with van der Waals surface area (Å²) >= 11 is 13.4. The molecule has 0 bridgehead atoms. The molecule has 2 nitrogen and oxygen atoms in total. The van der Waals surface area contributed by atoms with Gasteiger partial charge in [0, 0.05) is 22.4 Å². The zero-order chi connectivity index (χ0) is 13.7. The number of halogens is 2. The molecule has 0 fully saturated rings. The number of ether oxygens (including phenoxy) is 1. The Morgan fingerprint density at radius 2 is 1.89 bits per heavy atom. The first-order valence-corrected chi connectivity index (χ1v) is 7.54. The van der Waals surface area contributed by atoms with Gasteiger partial charge < -0.3 is 10.1 Å². The van der Waals surface area contributed by atoms with Gasteiger partial charge in [-0.05, 0) is 43.4 Å². The van der Waals surface area contributed by atoms with Crippen LogP contribution in [0.4, 0.5) is 0 Å². The largest absolute Gasteiger partial charge is 0.492 e. The molecule has 19 heavy (non-hydrogen) atoms. The van der Waals surface area contributed by atoms with Crippen LogP contribution in [0.1, 0.15) is 4.88 Å². The van der Waals surface area contributed by atoms with Crippen molar-refractivity contribution in [2.75, 3.05) is 13.7 Å². The van der Waals surface area contributed by atoms with Crippen molar-refractivity contribution in [1.82, 2.24) is 5.32 Å². The second-order valence-electron chi connectivity index (χ2n) is 4.16. The minimum atomic E-state index is 0.255. The monoisotopic (exact) mass is 315 g/mol. The summed E-state index contributed by atoms with van der Waals surface area (Å²) in [6.45, 7) is 0.605. The molecule has 0 saturated heterocycles. The minimum absolute atomic E-state index is 0.255. The molecule has 0 spiro atoms. The number of thiophene rings is 1. The normalized spacial score (nSPS) is 12.4. The molecule has 0 radical (unpaired) electrons. The van der Waals surface area contributed by atoms with Gasteiger partial charge in [0.15, 0.2) is 0 Å². The molecule has 2 rings (SSSR count). The summed E-state index contributed by atoms with van der Waals surface area (Å²) in [6.07, 6.45) is 0.904. The molecule has 1 N–H and O–H groups in total. The van der Waals surface area contributed by atoms with E-state index < -0.39 is 0 Å². The number of hydrogen-bond acceptors (Lipinski definition) is 3. The van der Waals surface area contributed by atoms with E-state index in [2.05, 4.69) is 11.4 Å². The Morgan fingerprint density at radius 3 is 2.47 bits per heavy atom. The Kier molecular flexibility index (Phi) is 5.52. The Bertz CT molecular complexity index is 512. The third-order valence-corrected chi connectivity index (χ3v) is 4.25. The lowest BCUT2D eigenvalue weighted by Crippen LogP contribution is -2.33. The van der Waals surface area contributed by atoms with Gasteiger partial charge in [0.25, 0.3) is 0 Å². The summed E-state index contributed by atoms with van der Waals surface area (Å²) in [7, 11) is 1.94. The van der Waals surface area contributed by atoms with Crippen LogP contribution in [0.2, 0.25) is 9.36 Å². The molecule has 1 heterocycles. The van der Waals surface area contributed by atoms with E-state index in [9.17, 15) is 0 Å². The topological polar surface area (TPSA) is 21.3 Å². The maximum absolute atomic E-state index is 5.93. The number of benzene rings is 1. The lowest BCUT2D eigenvalue weighted by atomic mass is 10.2. The van der Waals surface area contributed by atoms with E-state index in [0.29, 0.717) is 11.6 Å². The third kappa shape index (κ3) is 4.69. The first kappa shape index (κ1) is 14.7. The molecule has 0 saturated carbocycles. The highest BCUT2D eigenvalue weighted by atomic mass is 35.5. The van der Waals surface area contributed by atoms with Crippen molar-refractivity contribution in [3.05, 3.63) is 50.6 Å². The Labute approximate surface area is 127 Å². The van der Waals surface area contributed by atoms with Gasteiger partial charge in [0.1, 0.15) is 12.4 Å². The van der Waals surface area contributed by atoms with Gasteiger partial charge in [0.2, 0.25) is 0 Å². The van der Waals surface area contributed by atoms with E-state index in [1.807, 2.05) is 37.4 Å². The van der Waals surface area contributed by atoms with Crippen molar-refractivity contribution in [2.45, 2.75) is 12.5 Å². The molecule has 2 aromatic rings. The Morgan fingerprint density at radius 1 is 1.16 bits per heavy atom. The molecule has 102 valence electrons. The molecular weight excluding hydrogens is 301 g/mol. The number of rotatable bonds is 6. The van der Waals surface area contributed by atoms with Crippen LogP contribution in [-0.4, -0.2) is 19.7 Å². The Balaban J connectivity index is 1.87. The van der Waals surface area contributed by atoms with Crippen molar-refractivity contribution >= 4 is 34.5 Å². The minimum Gasteiger partial charge on any atom is -0.492 e. The number of likely N-dealkylation sites (N-methyl/N-ethyl adjacent to an activating group) is 1.